The van der Waals surface area contributed by atoms with E-state index in [0.717, 1.165) is 18.6 Å². The van der Waals surface area contributed by atoms with Crippen molar-refractivity contribution in [1.29, 1.82) is 0 Å². The molecule has 1 atom stereocenters. The number of rotatable bonds is 4. The molecule has 1 saturated heterocycles. The standard InChI is InChI=1S/C13H19N3/c1-2-12(1)15-13-5-8-16(10-13)9-11-3-6-14-7-4-11/h3-4,6-7,12-13,15H,1-2,5,8-10H2. The molecule has 0 bridgehead atoms. The van der Waals surface area contributed by atoms with Gasteiger partial charge in [-0.1, -0.05) is 0 Å². The number of aromatic nitrogens is 1. The molecule has 3 rings (SSSR count). The van der Waals surface area contributed by atoms with Crippen molar-refractivity contribution in [1.82, 2.24) is 15.2 Å². The molecular weight excluding hydrogens is 198 g/mol. The lowest BCUT2D eigenvalue weighted by Gasteiger charge is -2.16. The summed E-state index contributed by atoms with van der Waals surface area (Å²) in [6.45, 7) is 3.51. The van der Waals surface area contributed by atoms with Gasteiger partial charge in [0.05, 0.1) is 0 Å². The molecular formula is C13H19N3. The Morgan fingerprint density at radius 1 is 1.19 bits per heavy atom. The number of nitrogens with one attached hydrogen (secondary N) is 1. The fraction of sp³-hybridized carbons (Fsp3) is 0.615. The fourth-order valence-electron chi connectivity index (χ4n) is 2.44. The molecule has 0 spiro atoms. The van der Waals surface area contributed by atoms with E-state index in [1.54, 1.807) is 0 Å². The first-order valence-electron chi connectivity index (χ1n) is 6.27. The third kappa shape index (κ3) is 2.60. The first-order chi connectivity index (χ1) is 7.90. The zero-order chi connectivity index (χ0) is 10.8. The smallest absolute Gasteiger partial charge is 0.0271 e. The maximum absolute atomic E-state index is 4.05. The second-order valence-electron chi connectivity index (χ2n) is 5.02. The molecule has 1 aliphatic carbocycles. The van der Waals surface area contributed by atoms with E-state index >= 15 is 0 Å². The molecule has 1 aromatic rings. The van der Waals surface area contributed by atoms with Gasteiger partial charge in [0.1, 0.15) is 0 Å². The van der Waals surface area contributed by atoms with Crippen molar-refractivity contribution in [3.05, 3.63) is 30.1 Å². The highest BCUT2D eigenvalue weighted by Gasteiger charge is 2.28. The monoisotopic (exact) mass is 217 g/mol. The largest absolute Gasteiger partial charge is 0.310 e. The molecule has 0 radical (unpaired) electrons. The van der Waals surface area contributed by atoms with Crippen LogP contribution in [0.3, 0.4) is 0 Å². The van der Waals surface area contributed by atoms with Gasteiger partial charge in [0, 0.05) is 44.1 Å². The summed E-state index contributed by atoms with van der Waals surface area (Å²) in [5.74, 6) is 0. The Morgan fingerprint density at radius 2 is 2.00 bits per heavy atom. The van der Waals surface area contributed by atoms with Crippen molar-refractivity contribution < 1.29 is 0 Å². The van der Waals surface area contributed by atoms with Gasteiger partial charge in [-0.3, -0.25) is 9.88 Å². The van der Waals surface area contributed by atoms with Crippen molar-refractivity contribution >= 4 is 0 Å². The molecule has 16 heavy (non-hydrogen) atoms. The third-order valence-corrected chi connectivity index (χ3v) is 3.48. The zero-order valence-electron chi connectivity index (χ0n) is 9.60. The molecule has 1 aromatic heterocycles. The molecule has 3 nitrogen and oxygen atoms in total. The summed E-state index contributed by atoms with van der Waals surface area (Å²) in [6.07, 6.45) is 7.85. The number of likely N-dealkylation sites (tertiary alicyclic amines) is 1. The minimum atomic E-state index is 0.731. The van der Waals surface area contributed by atoms with E-state index in [1.807, 2.05) is 12.4 Å². The Labute approximate surface area is 96.9 Å². The van der Waals surface area contributed by atoms with Gasteiger partial charge in [0.15, 0.2) is 0 Å². The summed E-state index contributed by atoms with van der Waals surface area (Å²) >= 11 is 0. The predicted molar refractivity (Wildman–Crippen MR) is 64.1 cm³/mol. The summed E-state index contributed by atoms with van der Waals surface area (Å²) in [7, 11) is 0. The topological polar surface area (TPSA) is 28.2 Å². The summed E-state index contributed by atoms with van der Waals surface area (Å²) in [5, 5.41) is 3.71. The summed E-state index contributed by atoms with van der Waals surface area (Å²) < 4.78 is 0. The third-order valence-electron chi connectivity index (χ3n) is 3.48. The van der Waals surface area contributed by atoms with Crippen LogP contribution in [0.1, 0.15) is 24.8 Å². The minimum Gasteiger partial charge on any atom is -0.310 e. The molecule has 1 saturated carbocycles. The lowest BCUT2D eigenvalue weighted by atomic mass is 10.2. The molecule has 3 heteroatoms. The Kier molecular flexibility index (Phi) is 2.89. The van der Waals surface area contributed by atoms with Crippen LogP contribution in [-0.4, -0.2) is 35.1 Å². The van der Waals surface area contributed by atoms with E-state index in [1.165, 1.54) is 37.9 Å². The molecule has 1 unspecified atom stereocenters. The molecule has 2 heterocycles. The van der Waals surface area contributed by atoms with Crippen LogP contribution in [0.25, 0.3) is 0 Å². The second-order valence-corrected chi connectivity index (χ2v) is 5.02. The van der Waals surface area contributed by atoms with Crippen LogP contribution < -0.4 is 5.32 Å². The predicted octanol–water partition coefficient (Wildman–Crippen LogP) is 1.41. The van der Waals surface area contributed by atoms with Crippen LogP contribution in [0.4, 0.5) is 0 Å². The minimum absolute atomic E-state index is 0.731. The quantitative estimate of drug-likeness (QED) is 0.826. The van der Waals surface area contributed by atoms with E-state index in [9.17, 15) is 0 Å². The van der Waals surface area contributed by atoms with Crippen LogP contribution in [0, 0.1) is 0 Å². The van der Waals surface area contributed by atoms with Gasteiger partial charge < -0.3 is 5.32 Å². The van der Waals surface area contributed by atoms with Gasteiger partial charge in [-0.05, 0) is 37.0 Å². The maximum Gasteiger partial charge on any atom is 0.0271 e. The molecule has 2 aliphatic rings. The Morgan fingerprint density at radius 3 is 2.75 bits per heavy atom. The number of hydrogen-bond donors (Lipinski definition) is 1. The Bertz CT molecular complexity index is 334. The highest BCUT2D eigenvalue weighted by molar-refractivity contribution is 5.09. The average molecular weight is 217 g/mol. The van der Waals surface area contributed by atoms with Crippen LogP contribution in [0.15, 0.2) is 24.5 Å². The van der Waals surface area contributed by atoms with Crippen molar-refractivity contribution in [2.24, 2.45) is 0 Å². The van der Waals surface area contributed by atoms with Gasteiger partial charge in [0.25, 0.3) is 0 Å². The lowest BCUT2D eigenvalue weighted by molar-refractivity contribution is 0.319. The fourth-order valence-corrected chi connectivity index (χ4v) is 2.44. The number of pyridine rings is 1. The van der Waals surface area contributed by atoms with E-state index in [4.69, 9.17) is 0 Å². The van der Waals surface area contributed by atoms with Crippen LogP contribution in [-0.2, 0) is 6.54 Å². The van der Waals surface area contributed by atoms with Crippen molar-refractivity contribution in [2.45, 2.75) is 37.9 Å². The van der Waals surface area contributed by atoms with Gasteiger partial charge in [-0.15, -0.1) is 0 Å². The van der Waals surface area contributed by atoms with Gasteiger partial charge in [-0.25, -0.2) is 0 Å². The van der Waals surface area contributed by atoms with Crippen LogP contribution in [0.2, 0.25) is 0 Å². The van der Waals surface area contributed by atoms with E-state index in [-0.39, 0.29) is 0 Å². The van der Waals surface area contributed by atoms with Gasteiger partial charge in [-0.2, -0.15) is 0 Å². The number of nitrogens with zero attached hydrogens (tertiary/aromatic N) is 2. The first kappa shape index (κ1) is 10.2. The lowest BCUT2D eigenvalue weighted by Crippen LogP contribution is -2.33. The second kappa shape index (κ2) is 4.52. The Balaban J connectivity index is 1.49. The summed E-state index contributed by atoms with van der Waals surface area (Å²) in [6, 6.07) is 5.80. The molecule has 0 aromatic carbocycles. The molecule has 86 valence electrons. The molecule has 1 N–H and O–H groups in total. The SMILES string of the molecule is c1cc(CN2CCC(NC3CC3)C2)ccn1. The van der Waals surface area contributed by atoms with Crippen molar-refractivity contribution in [2.75, 3.05) is 13.1 Å². The summed E-state index contributed by atoms with van der Waals surface area (Å²) in [5.41, 5.74) is 1.38. The highest BCUT2D eigenvalue weighted by atomic mass is 15.2. The highest BCUT2D eigenvalue weighted by Crippen LogP contribution is 2.22. The maximum atomic E-state index is 4.05. The van der Waals surface area contributed by atoms with Crippen LogP contribution in [0.5, 0.6) is 0 Å². The number of hydrogen-bond acceptors (Lipinski definition) is 3. The van der Waals surface area contributed by atoms with Crippen LogP contribution >= 0.6 is 0 Å². The van der Waals surface area contributed by atoms with Gasteiger partial charge in [0.2, 0.25) is 0 Å². The molecule has 2 fully saturated rings. The molecule has 0 amide bonds. The van der Waals surface area contributed by atoms with E-state index in [2.05, 4.69) is 27.3 Å². The van der Waals surface area contributed by atoms with Crippen molar-refractivity contribution in [3.8, 4) is 0 Å². The van der Waals surface area contributed by atoms with E-state index < -0.39 is 0 Å². The average Bonchev–Trinajstić information content (AvgIpc) is 3.01. The Hall–Kier alpha value is -0.930. The zero-order valence-corrected chi connectivity index (χ0v) is 9.60. The van der Waals surface area contributed by atoms with Gasteiger partial charge >= 0.3 is 0 Å². The van der Waals surface area contributed by atoms with E-state index in [0.29, 0.717) is 0 Å². The van der Waals surface area contributed by atoms with Crippen molar-refractivity contribution in [3.63, 3.8) is 0 Å². The molecule has 1 aliphatic heterocycles. The normalized spacial score (nSPS) is 26.1. The summed E-state index contributed by atoms with van der Waals surface area (Å²) in [4.78, 5) is 6.59. The first-order valence-corrected chi connectivity index (χ1v) is 6.27.